The molecule has 8 aromatic rings. The summed E-state index contributed by atoms with van der Waals surface area (Å²) in [7, 11) is 15.5. The summed E-state index contributed by atoms with van der Waals surface area (Å²) in [4.78, 5) is 9.51. The second-order valence-corrected chi connectivity index (χ2v) is 33.5. The van der Waals surface area contributed by atoms with Crippen molar-refractivity contribution in [1.82, 2.24) is 0 Å². The molecule has 1 radical (unpaired) electrons. The first kappa shape index (κ1) is 76.2. The molecule has 0 fully saturated rings. The average molecular weight is 1340 g/mol. The van der Waals surface area contributed by atoms with E-state index in [-0.39, 0.29) is 19.5 Å². The third kappa shape index (κ3) is 17.2. The van der Waals surface area contributed by atoms with E-state index >= 15 is 0 Å². The summed E-state index contributed by atoms with van der Waals surface area (Å²) < 4.78 is 0. The van der Waals surface area contributed by atoms with Crippen LogP contribution >= 0.6 is 15.8 Å². The number of allylic oxidation sites excluding steroid dienone is 2. The fraction of sp³-hybridized carbons (Fsp3) is 0.429. The third-order valence-electron chi connectivity index (χ3n) is 17.0. The van der Waals surface area contributed by atoms with Crippen molar-refractivity contribution in [2.45, 2.75) is 186 Å². The number of hydrogen-bond donors (Lipinski definition) is 0. The predicted octanol–water partition coefficient (Wildman–Crippen LogP) is 21.6. The van der Waals surface area contributed by atoms with Gasteiger partial charge in [0, 0.05) is 79.1 Å². The number of anilines is 4. The number of nitrogens with zero attached hydrogens (tertiary/aromatic N) is 4. The molecule has 0 aromatic heterocycles. The maximum absolute atomic E-state index is 3.56. The molecule has 0 amide bonds. The second kappa shape index (κ2) is 32.5. The van der Waals surface area contributed by atoms with Gasteiger partial charge in [0.1, 0.15) is 0 Å². The van der Waals surface area contributed by atoms with E-state index in [1.165, 1.54) is 143 Å². The summed E-state index contributed by atoms with van der Waals surface area (Å²) in [5, 5.41) is 13.6. The van der Waals surface area contributed by atoms with E-state index in [2.05, 4.69) is 321 Å². The summed E-state index contributed by atoms with van der Waals surface area (Å²) in [6.45, 7) is 53.3. The second-order valence-electron chi connectivity index (χ2n) is 29.2. The zero-order valence-corrected chi connectivity index (χ0v) is 65.1. The van der Waals surface area contributed by atoms with E-state index in [9.17, 15) is 0 Å². The first-order valence-electron chi connectivity index (χ1n) is 33.4. The minimum absolute atomic E-state index is 0. The van der Waals surface area contributed by atoms with Crippen molar-refractivity contribution >= 4 is 92.0 Å². The van der Waals surface area contributed by atoms with Gasteiger partial charge < -0.3 is 19.6 Å². The van der Waals surface area contributed by atoms with Crippen LogP contribution in [0.3, 0.4) is 0 Å². The number of fused-ring (bicyclic) bond motifs is 2. The Kier molecular flexibility index (Phi) is 27.2. The van der Waals surface area contributed by atoms with Crippen LogP contribution in [-0.4, -0.2) is 56.4 Å². The number of benzene rings is 8. The molecule has 7 heteroatoms. The molecule has 0 saturated heterocycles. The van der Waals surface area contributed by atoms with Gasteiger partial charge in [-0.3, -0.25) is 0 Å². The van der Waals surface area contributed by atoms with Gasteiger partial charge in [-0.1, -0.05) is 195 Å². The predicted molar refractivity (Wildman–Crippen MR) is 415 cm³/mol. The van der Waals surface area contributed by atoms with Gasteiger partial charge in [-0.2, -0.15) is 0 Å². The first-order valence-corrected chi connectivity index (χ1v) is 36.1. The maximum Gasteiger partial charge on any atom is 3.00 e. The minimum Gasteiger partial charge on any atom is -0.377 e. The largest absolute Gasteiger partial charge is 3.00 e. The van der Waals surface area contributed by atoms with Crippen LogP contribution in [0.5, 0.6) is 0 Å². The Balaban J connectivity index is 0.00000158. The number of hydrogen-bond acceptors (Lipinski definition) is 4. The zero-order chi connectivity index (χ0) is 67.2. The summed E-state index contributed by atoms with van der Waals surface area (Å²) in [6.07, 6.45) is 0. The van der Waals surface area contributed by atoms with Crippen LogP contribution in [0.4, 0.5) is 22.7 Å². The van der Waals surface area contributed by atoms with Crippen molar-refractivity contribution in [1.29, 1.82) is 0 Å². The topological polar surface area (TPSA) is 13.0 Å². The Morgan fingerprint density at radius 2 is 0.473 bits per heavy atom. The van der Waals surface area contributed by atoms with Gasteiger partial charge in [0.25, 0.3) is 0 Å². The van der Waals surface area contributed by atoms with Crippen LogP contribution < -0.4 is 51.4 Å². The van der Waals surface area contributed by atoms with Crippen LogP contribution in [0.2, 0.25) is 0 Å². The van der Waals surface area contributed by atoms with E-state index in [1.807, 2.05) is 27.7 Å². The third-order valence-corrected chi connectivity index (χ3v) is 21.8. The minimum atomic E-state index is -1.21. The Labute approximate surface area is 570 Å². The van der Waals surface area contributed by atoms with E-state index in [4.69, 9.17) is 0 Å². The summed E-state index contributed by atoms with van der Waals surface area (Å²) >= 11 is 0. The molecule has 487 valence electrons. The molecule has 0 atom stereocenters. The van der Waals surface area contributed by atoms with Gasteiger partial charge in [-0.15, -0.1) is 13.2 Å². The van der Waals surface area contributed by atoms with Gasteiger partial charge in [-0.25, -0.2) is 0 Å². The summed E-state index contributed by atoms with van der Waals surface area (Å²) in [6, 6.07) is 49.8. The Morgan fingerprint density at radius 1 is 0.297 bits per heavy atom. The van der Waals surface area contributed by atoms with Gasteiger partial charge in [0.2, 0.25) is 0 Å². The standard InChI is InChI=1S/C76H100N4P2.2C4H8.Ru/c1-45(2)61-37-55(38-62(46(3)4)73(61)77(17)18)81(56-39-63(47(5)6)74(78(19)20)64(40-56)48(7)8)69-35-33-53-29-25-27-31-59(53)71(69)72-60-32-28-26-30-54(60)34-36-70(72)82(57-41-65(49(9)10)75(79(21)22)66(42-57)50(11)12)58-43-67(51(13)14)76(80(23)24)68(44-58)52(15)16;2*1-4(2)3;/h25-52H,1-24H3;2*1H2,2-3H3;/q;;;+3. The Hall–Kier alpha value is -5.56. The summed E-state index contributed by atoms with van der Waals surface area (Å²) in [5.41, 5.74) is 21.8. The SMILES string of the molecule is C=C(C)C.C=C(C)C.CC(C)c1cc(P(c2cc(C(C)C)c(N(C)C)c(C(C)C)c2)c2ccc3ccccc3c2-c2c(P(c3cc(C(C)C)c(N(C)C)c(C(C)C)c3)c3cc(C(C)C)c(N(C)C)c(C(C)C)c3)ccc3ccccc23)cc(C(C)C)c1N(C)C.[Ru+3]. The van der Waals surface area contributed by atoms with Crippen LogP contribution in [0, 0.1) is 0 Å². The molecule has 0 aliphatic rings. The molecule has 0 unspecified atom stereocenters. The van der Waals surface area contributed by atoms with Gasteiger partial charge in [0.05, 0.1) is 0 Å². The average Bonchev–Trinajstić information content (AvgIpc) is 0.786. The monoisotopic (exact) mass is 1340 g/mol. The molecule has 8 rings (SSSR count). The molecule has 0 bridgehead atoms. The Bertz CT molecular complexity index is 3290. The molecule has 0 spiro atoms. The fourth-order valence-electron chi connectivity index (χ4n) is 13.0. The van der Waals surface area contributed by atoms with Crippen molar-refractivity contribution in [3.8, 4) is 11.1 Å². The Morgan fingerprint density at radius 3 is 0.637 bits per heavy atom. The van der Waals surface area contributed by atoms with Crippen molar-refractivity contribution in [2.24, 2.45) is 0 Å². The molecular formula is C84H116N4P2Ru+3. The molecule has 0 aliphatic heterocycles. The zero-order valence-electron chi connectivity index (χ0n) is 61.6. The molecule has 91 heavy (non-hydrogen) atoms. The fourth-order valence-corrected chi connectivity index (χ4v) is 18.2. The molecule has 8 aromatic carbocycles. The van der Waals surface area contributed by atoms with Gasteiger partial charge in [-0.05, 0) is 248 Å². The molecular weight excluding hydrogens is 1230 g/mol. The first-order chi connectivity index (χ1) is 42.1. The molecule has 0 saturated carbocycles. The normalized spacial score (nSPS) is 11.6. The molecule has 0 aliphatic carbocycles. The van der Waals surface area contributed by atoms with Crippen molar-refractivity contribution in [2.75, 3.05) is 76.0 Å². The summed E-state index contributed by atoms with van der Waals surface area (Å²) in [5.74, 6) is 2.56. The van der Waals surface area contributed by atoms with E-state index in [1.54, 1.807) is 0 Å². The smallest absolute Gasteiger partial charge is 0.377 e. The van der Waals surface area contributed by atoms with Crippen molar-refractivity contribution in [3.05, 3.63) is 190 Å². The molecule has 0 N–H and O–H groups in total. The van der Waals surface area contributed by atoms with Crippen LogP contribution in [0.1, 0.15) is 230 Å². The van der Waals surface area contributed by atoms with Crippen LogP contribution in [0.15, 0.2) is 146 Å². The molecule has 0 heterocycles. The van der Waals surface area contributed by atoms with Gasteiger partial charge in [0.15, 0.2) is 0 Å². The van der Waals surface area contributed by atoms with Crippen molar-refractivity contribution < 1.29 is 19.5 Å². The van der Waals surface area contributed by atoms with E-state index < -0.39 is 15.8 Å². The quantitative estimate of drug-likeness (QED) is 0.0454. The molecule has 4 nitrogen and oxygen atoms in total. The van der Waals surface area contributed by atoms with Crippen LogP contribution in [-0.2, 0) is 19.5 Å². The maximum atomic E-state index is 3.56. The van der Waals surface area contributed by atoms with E-state index in [0.717, 1.165) is 0 Å². The van der Waals surface area contributed by atoms with Gasteiger partial charge >= 0.3 is 19.5 Å². The number of rotatable bonds is 19. The van der Waals surface area contributed by atoms with Crippen LogP contribution in [0.25, 0.3) is 32.7 Å². The van der Waals surface area contributed by atoms with E-state index in [0.29, 0.717) is 47.3 Å². The van der Waals surface area contributed by atoms with Crippen molar-refractivity contribution in [3.63, 3.8) is 0 Å².